The van der Waals surface area contributed by atoms with Gasteiger partial charge in [0.1, 0.15) is 0 Å². The predicted molar refractivity (Wildman–Crippen MR) is 135 cm³/mol. The molecule has 0 radical (unpaired) electrons. The molecule has 2 nitrogen and oxygen atoms in total. The molecule has 0 atom stereocenters. The predicted octanol–water partition coefficient (Wildman–Crippen LogP) is 7.08. The molecule has 0 aliphatic carbocycles. The molecule has 0 saturated heterocycles. The van der Waals surface area contributed by atoms with Crippen molar-refractivity contribution < 1.29 is 18.9 Å². The van der Waals surface area contributed by atoms with Crippen LogP contribution in [0.25, 0.3) is 44.3 Å². The number of halogens is 1. The number of rotatable bonds is 2. The molecule has 0 bridgehead atoms. The van der Waals surface area contributed by atoms with Crippen molar-refractivity contribution in [2.45, 2.75) is 28.8 Å². The van der Waals surface area contributed by atoms with Crippen LogP contribution in [-0.2, 0) is 17.5 Å². The SMILES string of the molecule is [2H][C]1([2H])c2cccc(-c3c(F)ccc4c3oc3c(-c5cccc[n+]5C)c(C)ccc34)c2[C]([2H])([2H])[Ge]1([CH3])[CH3]. The molecule has 0 amide bonds. The van der Waals surface area contributed by atoms with Gasteiger partial charge in [0, 0.05) is 0 Å². The van der Waals surface area contributed by atoms with E-state index in [-0.39, 0.29) is 11.1 Å². The van der Waals surface area contributed by atoms with E-state index in [4.69, 9.17) is 9.90 Å². The van der Waals surface area contributed by atoms with Gasteiger partial charge in [-0.25, -0.2) is 0 Å². The third-order valence-corrected chi connectivity index (χ3v) is 10.2. The van der Waals surface area contributed by atoms with Gasteiger partial charge in [0.05, 0.1) is 0 Å². The molecular formula is C29H27FGeNO+. The number of aryl methyl sites for hydroxylation is 2. The van der Waals surface area contributed by atoms with Crippen molar-refractivity contribution in [2.75, 3.05) is 0 Å². The fourth-order valence-electron chi connectivity index (χ4n) is 5.01. The Morgan fingerprint density at radius 3 is 2.45 bits per heavy atom. The Labute approximate surface area is 201 Å². The third kappa shape index (κ3) is 3.17. The maximum absolute atomic E-state index is 15.7. The van der Waals surface area contributed by atoms with Crippen molar-refractivity contribution in [3.05, 3.63) is 89.4 Å². The first-order chi connectivity index (χ1) is 17.4. The van der Waals surface area contributed by atoms with Crippen LogP contribution < -0.4 is 4.57 Å². The van der Waals surface area contributed by atoms with Crippen LogP contribution in [0.1, 0.15) is 22.2 Å². The van der Waals surface area contributed by atoms with Crippen LogP contribution in [0.3, 0.4) is 0 Å². The Morgan fingerprint density at radius 1 is 0.909 bits per heavy atom. The molecular weight excluding hydrogens is 470 g/mol. The van der Waals surface area contributed by atoms with Crippen LogP contribution in [0, 0.1) is 12.7 Å². The molecule has 4 heteroatoms. The van der Waals surface area contributed by atoms with E-state index in [0.717, 1.165) is 27.6 Å². The van der Waals surface area contributed by atoms with Crippen LogP contribution in [-0.4, -0.2) is 13.3 Å². The second kappa shape index (κ2) is 7.29. The van der Waals surface area contributed by atoms with E-state index in [0.29, 0.717) is 22.3 Å². The van der Waals surface area contributed by atoms with Crippen LogP contribution in [0.5, 0.6) is 0 Å². The number of furan rings is 1. The number of aromatic nitrogens is 1. The van der Waals surface area contributed by atoms with E-state index in [1.54, 1.807) is 35.8 Å². The molecule has 5 aromatic rings. The molecule has 6 rings (SSSR count). The first-order valence-electron chi connectivity index (χ1n) is 13.1. The van der Waals surface area contributed by atoms with E-state index in [9.17, 15) is 0 Å². The quantitative estimate of drug-likeness (QED) is 0.187. The van der Waals surface area contributed by atoms with E-state index in [1.807, 2.05) is 55.1 Å². The Balaban J connectivity index is 1.73. The normalized spacial score (nSPS) is 19.7. The van der Waals surface area contributed by atoms with Gasteiger partial charge in [-0.2, -0.15) is 0 Å². The molecule has 1 aliphatic rings. The monoisotopic (exact) mass is 502 g/mol. The average Bonchev–Trinajstić information content (AvgIpc) is 3.26. The summed E-state index contributed by atoms with van der Waals surface area (Å²) in [7, 11) is 1.97. The van der Waals surface area contributed by atoms with Gasteiger partial charge in [0.2, 0.25) is 0 Å². The fourth-order valence-corrected chi connectivity index (χ4v) is 8.87. The molecule has 1 aliphatic heterocycles. The molecule has 0 saturated carbocycles. The molecule has 33 heavy (non-hydrogen) atoms. The summed E-state index contributed by atoms with van der Waals surface area (Å²) >= 11 is -3.76. The molecule has 0 N–H and O–H groups in total. The number of nitrogens with zero attached hydrogens (tertiary/aromatic N) is 1. The molecule has 0 unspecified atom stereocenters. The van der Waals surface area contributed by atoms with Crippen LogP contribution in [0.2, 0.25) is 11.5 Å². The second-order valence-corrected chi connectivity index (χ2v) is 17.2. The summed E-state index contributed by atoms with van der Waals surface area (Å²) in [6.45, 7) is 2.02. The zero-order chi connectivity index (χ0) is 26.5. The molecule has 3 aromatic carbocycles. The fraction of sp³-hybridized carbons (Fsp3) is 0.207. The number of benzene rings is 3. The van der Waals surface area contributed by atoms with Crippen LogP contribution in [0.4, 0.5) is 4.39 Å². The Kier molecular flexibility index (Phi) is 3.68. The van der Waals surface area contributed by atoms with E-state index in [2.05, 4.69) is 0 Å². The minimum atomic E-state index is -3.76. The van der Waals surface area contributed by atoms with Crippen LogP contribution >= 0.6 is 0 Å². The van der Waals surface area contributed by atoms with Crippen molar-refractivity contribution in [1.82, 2.24) is 0 Å². The number of pyridine rings is 1. The topological polar surface area (TPSA) is 17.0 Å². The molecule has 164 valence electrons. The Bertz CT molecular complexity index is 1760. The maximum atomic E-state index is 15.7. The minimum absolute atomic E-state index is 0.186. The Morgan fingerprint density at radius 2 is 1.67 bits per heavy atom. The van der Waals surface area contributed by atoms with Gasteiger partial charge in [-0.1, -0.05) is 0 Å². The van der Waals surface area contributed by atoms with Gasteiger partial charge in [0.25, 0.3) is 0 Å². The summed E-state index contributed by atoms with van der Waals surface area (Å²) in [5, 5.41) is -2.01. The van der Waals surface area contributed by atoms with Crippen molar-refractivity contribution in [1.29, 1.82) is 0 Å². The summed E-state index contributed by atoms with van der Waals surface area (Å²) in [6.07, 6.45) is 1.97. The second-order valence-electron chi connectivity index (χ2n) is 9.34. The summed E-state index contributed by atoms with van der Waals surface area (Å²) < 4.78 is 60.1. The van der Waals surface area contributed by atoms with Gasteiger partial charge in [0.15, 0.2) is 0 Å². The van der Waals surface area contributed by atoms with Gasteiger partial charge >= 0.3 is 202 Å². The summed E-state index contributed by atoms with van der Waals surface area (Å²) in [4.78, 5) is 0. The van der Waals surface area contributed by atoms with E-state index < -0.39 is 29.5 Å². The first-order valence-corrected chi connectivity index (χ1v) is 17.4. The summed E-state index contributed by atoms with van der Waals surface area (Å²) in [6, 6.07) is 18.1. The van der Waals surface area contributed by atoms with Crippen molar-refractivity contribution >= 4 is 35.2 Å². The zero-order valence-corrected chi connectivity index (χ0v) is 21.2. The van der Waals surface area contributed by atoms with Crippen molar-refractivity contribution in [3.63, 3.8) is 0 Å². The first kappa shape index (κ1) is 16.7. The molecule has 3 heterocycles. The third-order valence-electron chi connectivity index (χ3n) is 6.50. The standard InChI is InChI=1S/C29H27FGeNO/c1-18-11-12-21-22-13-14-24(30)27(20-9-7-8-19-16-31(2,3)17-23(19)20)29(22)33-28(21)26(18)25-10-5-6-15-32(25)4/h5-15H,16-17H2,1-4H3/q+1/i16D2,17D2. The average molecular weight is 501 g/mol. The number of hydrogen-bond donors (Lipinski definition) is 0. The number of fused-ring (bicyclic) bond motifs is 4. The van der Waals surface area contributed by atoms with Crippen molar-refractivity contribution in [3.8, 4) is 22.4 Å². The Hall–Kier alpha value is -2.92. The van der Waals surface area contributed by atoms with Gasteiger partial charge in [-0.3, -0.25) is 0 Å². The summed E-state index contributed by atoms with van der Waals surface area (Å²) in [5.41, 5.74) is 5.06. The van der Waals surface area contributed by atoms with E-state index in [1.165, 1.54) is 6.07 Å². The van der Waals surface area contributed by atoms with Crippen molar-refractivity contribution in [2.24, 2.45) is 7.05 Å². The molecule has 0 spiro atoms. The van der Waals surface area contributed by atoms with E-state index >= 15 is 4.39 Å². The van der Waals surface area contributed by atoms with Gasteiger partial charge < -0.3 is 0 Å². The molecule has 0 fully saturated rings. The molecule has 2 aromatic heterocycles. The van der Waals surface area contributed by atoms with Crippen LogP contribution in [0.15, 0.2) is 71.3 Å². The van der Waals surface area contributed by atoms with Gasteiger partial charge in [-0.05, 0) is 0 Å². The zero-order valence-electron chi connectivity index (χ0n) is 23.1. The van der Waals surface area contributed by atoms with Gasteiger partial charge in [-0.15, -0.1) is 0 Å². The summed E-state index contributed by atoms with van der Waals surface area (Å²) in [5.74, 6) is 3.03. The number of hydrogen-bond acceptors (Lipinski definition) is 1.